The summed E-state index contributed by atoms with van der Waals surface area (Å²) in [5.41, 5.74) is 2.25. The minimum Gasteiger partial charge on any atom is -0.378 e. The number of rotatable bonds is 4. The van der Waals surface area contributed by atoms with Crippen molar-refractivity contribution in [3.05, 3.63) is 65.6 Å². The van der Waals surface area contributed by atoms with Crippen molar-refractivity contribution in [1.82, 2.24) is 20.4 Å². The largest absolute Gasteiger partial charge is 0.378 e. The Balaban J connectivity index is 1.29. The zero-order chi connectivity index (χ0) is 19.8. The van der Waals surface area contributed by atoms with Crippen LogP contribution in [0.2, 0.25) is 0 Å². The third kappa shape index (κ3) is 3.63. The van der Waals surface area contributed by atoms with Crippen molar-refractivity contribution >= 4 is 16.8 Å². The Bertz CT molecular complexity index is 1020. The van der Waals surface area contributed by atoms with Crippen LogP contribution in [0.25, 0.3) is 10.9 Å². The van der Waals surface area contributed by atoms with Gasteiger partial charge in [-0.15, -0.1) is 0 Å². The van der Waals surface area contributed by atoms with Crippen LogP contribution < -0.4 is 5.32 Å². The Morgan fingerprint density at radius 3 is 2.76 bits per heavy atom. The van der Waals surface area contributed by atoms with Crippen molar-refractivity contribution in [1.29, 1.82) is 0 Å². The highest BCUT2D eigenvalue weighted by Crippen LogP contribution is 2.30. The smallest absolute Gasteiger partial charge is 0.272 e. The van der Waals surface area contributed by atoms with Gasteiger partial charge in [-0.25, -0.2) is 4.39 Å². The maximum absolute atomic E-state index is 13.6. The summed E-state index contributed by atoms with van der Waals surface area (Å²) < 4.78 is 19.3. The molecule has 0 aliphatic carbocycles. The van der Waals surface area contributed by atoms with Gasteiger partial charge in [-0.3, -0.25) is 14.8 Å². The molecule has 2 aromatic carbocycles. The molecule has 2 saturated heterocycles. The molecule has 1 aromatic heterocycles. The summed E-state index contributed by atoms with van der Waals surface area (Å²) in [6.45, 7) is 1.95. The maximum Gasteiger partial charge on any atom is 0.272 e. The van der Waals surface area contributed by atoms with Gasteiger partial charge in [-0.05, 0) is 36.6 Å². The highest BCUT2D eigenvalue weighted by Gasteiger charge is 2.39. The second-order valence-electron chi connectivity index (χ2n) is 7.91. The van der Waals surface area contributed by atoms with Gasteiger partial charge in [0.1, 0.15) is 5.82 Å². The third-order valence-corrected chi connectivity index (χ3v) is 5.95. The predicted octanol–water partition coefficient (Wildman–Crippen LogP) is 2.86. The lowest BCUT2D eigenvalue weighted by Crippen LogP contribution is -2.60. The summed E-state index contributed by atoms with van der Waals surface area (Å²) in [5.74, 6) is -0.359. The van der Waals surface area contributed by atoms with Gasteiger partial charge >= 0.3 is 0 Å². The molecule has 2 aliphatic heterocycles. The van der Waals surface area contributed by atoms with Gasteiger partial charge in [-0.1, -0.05) is 30.3 Å². The minimum absolute atomic E-state index is 0.0700. The van der Waals surface area contributed by atoms with Gasteiger partial charge in [0.2, 0.25) is 0 Å². The average molecular weight is 394 g/mol. The summed E-state index contributed by atoms with van der Waals surface area (Å²) in [6.07, 6.45) is 1.61. The molecule has 1 unspecified atom stereocenters. The first-order valence-corrected chi connectivity index (χ1v) is 9.99. The number of amides is 1. The molecule has 3 aromatic rings. The monoisotopic (exact) mass is 394 g/mol. The molecule has 2 N–H and O–H groups in total. The molecule has 1 amide bonds. The van der Waals surface area contributed by atoms with E-state index >= 15 is 0 Å². The van der Waals surface area contributed by atoms with E-state index in [0.717, 1.165) is 29.3 Å². The van der Waals surface area contributed by atoms with Gasteiger partial charge in [0.25, 0.3) is 5.91 Å². The van der Waals surface area contributed by atoms with E-state index in [1.54, 1.807) is 12.1 Å². The third-order valence-electron chi connectivity index (χ3n) is 5.95. The minimum atomic E-state index is -0.211. The Hall–Kier alpha value is -2.77. The standard InChI is InChI=1S/C22H23FN4O2/c23-15-5-3-4-14(8-15)11-27-17-9-16(10-18(27)13-29-12-17)24-22(28)21-19-6-1-2-7-20(19)25-26-21/h1-8,16-18H,9-13H2,(H,24,28)(H,25,26)/t16?,17-,18+. The molecule has 0 radical (unpaired) electrons. The quantitative estimate of drug-likeness (QED) is 0.714. The van der Waals surface area contributed by atoms with Crippen LogP contribution in [0, 0.1) is 5.82 Å². The van der Waals surface area contributed by atoms with Crippen LogP contribution in [-0.4, -0.2) is 52.3 Å². The number of hydrogen-bond donors (Lipinski definition) is 2. The van der Waals surface area contributed by atoms with E-state index in [2.05, 4.69) is 20.4 Å². The number of benzene rings is 2. The van der Waals surface area contributed by atoms with Crippen LogP contribution >= 0.6 is 0 Å². The topological polar surface area (TPSA) is 70.2 Å². The number of para-hydroxylation sites is 1. The van der Waals surface area contributed by atoms with Crippen molar-refractivity contribution in [3.8, 4) is 0 Å². The normalized spacial score (nSPS) is 24.5. The summed E-state index contributed by atoms with van der Waals surface area (Å²) in [7, 11) is 0. The number of nitrogens with one attached hydrogen (secondary N) is 2. The Morgan fingerprint density at radius 2 is 1.97 bits per heavy atom. The number of fused-ring (bicyclic) bond motifs is 3. The Kier molecular flexibility index (Phi) is 4.77. The number of hydrogen-bond acceptors (Lipinski definition) is 4. The van der Waals surface area contributed by atoms with Crippen LogP contribution in [-0.2, 0) is 11.3 Å². The van der Waals surface area contributed by atoms with Crippen molar-refractivity contribution in [3.63, 3.8) is 0 Å². The molecule has 0 spiro atoms. The SMILES string of the molecule is O=C(NC1C[C@H]2COC[C@@H](C1)N2Cc1cccc(F)c1)c1n[nH]c2ccccc12. The molecule has 0 saturated carbocycles. The molecule has 2 fully saturated rings. The number of H-pyrrole nitrogens is 1. The number of aromatic nitrogens is 2. The summed E-state index contributed by atoms with van der Waals surface area (Å²) in [5, 5.41) is 11.1. The first kappa shape index (κ1) is 18.3. The summed E-state index contributed by atoms with van der Waals surface area (Å²) in [6, 6.07) is 14.9. The number of halogens is 1. The van der Waals surface area contributed by atoms with Crippen LogP contribution in [0.15, 0.2) is 48.5 Å². The fourth-order valence-electron chi connectivity index (χ4n) is 4.60. The van der Waals surface area contributed by atoms with E-state index < -0.39 is 0 Å². The van der Waals surface area contributed by atoms with E-state index in [4.69, 9.17) is 4.74 Å². The highest BCUT2D eigenvalue weighted by molar-refractivity contribution is 6.04. The van der Waals surface area contributed by atoms with Crippen LogP contribution in [0.3, 0.4) is 0 Å². The molecular formula is C22H23FN4O2. The fourth-order valence-corrected chi connectivity index (χ4v) is 4.60. The number of morpholine rings is 1. The molecule has 7 heteroatoms. The van der Waals surface area contributed by atoms with E-state index in [9.17, 15) is 9.18 Å². The summed E-state index contributed by atoms with van der Waals surface area (Å²) >= 11 is 0. The van der Waals surface area contributed by atoms with Crippen molar-refractivity contribution < 1.29 is 13.9 Å². The lowest BCUT2D eigenvalue weighted by atomic mass is 9.89. The van der Waals surface area contributed by atoms with Crippen molar-refractivity contribution in [2.45, 2.75) is 37.5 Å². The molecule has 150 valence electrons. The van der Waals surface area contributed by atoms with Crippen LogP contribution in [0.4, 0.5) is 4.39 Å². The van der Waals surface area contributed by atoms with Gasteiger partial charge in [0.15, 0.2) is 5.69 Å². The zero-order valence-corrected chi connectivity index (χ0v) is 16.0. The molecule has 2 bridgehead atoms. The van der Waals surface area contributed by atoms with E-state index in [1.165, 1.54) is 6.07 Å². The second-order valence-corrected chi connectivity index (χ2v) is 7.91. The highest BCUT2D eigenvalue weighted by atomic mass is 19.1. The number of carbonyl (C=O) groups excluding carboxylic acids is 1. The predicted molar refractivity (Wildman–Crippen MR) is 107 cm³/mol. The Morgan fingerprint density at radius 1 is 1.17 bits per heavy atom. The van der Waals surface area contributed by atoms with Crippen molar-refractivity contribution in [2.24, 2.45) is 0 Å². The first-order valence-electron chi connectivity index (χ1n) is 9.99. The number of ether oxygens (including phenoxy) is 1. The molecule has 6 nitrogen and oxygen atoms in total. The van der Waals surface area contributed by atoms with Gasteiger partial charge in [0.05, 0.1) is 18.7 Å². The number of aromatic amines is 1. The molecular weight excluding hydrogens is 371 g/mol. The Labute approximate surface area is 168 Å². The lowest BCUT2D eigenvalue weighted by Gasteiger charge is -2.48. The molecule has 3 heterocycles. The van der Waals surface area contributed by atoms with E-state index in [1.807, 2.05) is 30.3 Å². The summed E-state index contributed by atoms with van der Waals surface area (Å²) in [4.78, 5) is 15.2. The van der Waals surface area contributed by atoms with Crippen molar-refractivity contribution in [2.75, 3.05) is 13.2 Å². The fraction of sp³-hybridized carbons (Fsp3) is 0.364. The van der Waals surface area contributed by atoms with E-state index in [0.29, 0.717) is 25.5 Å². The second kappa shape index (κ2) is 7.57. The number of nitrogens with zero attached hydrogens (tertiary/aromatic N) is 2. The molecule has 2 aliphatic rings. The van der Waals surface area contributed by atoms with E-state index in [-0.39, 0.29) is 29.8 Å². The first-order chi connectivity index (χ1) is 14.2. The molecule has 5 rings (SSSR count). The number of carbonyl (C=O) groups is 1. The molecule has 3 atom stereocenters. The van der Waals surface area contributed by atoms with Crippen LogP contribution in [0.5, 0.6) is 0 Å². The van der Waals surface area contributed by atoms with Gasteiger partial charge in [0, 0.05) is 30.1 Å². The van der Waals surface area contributed by atoms with Gasteiger partial charge in [-0.2, -0.15) is 5.10 Å². The van der Waals surface area contributed by atoms with Gasteiger partial charge < -0.3 is 10.1 Å². The lowest BCUT2D eigenvalue weighted by molar-refractivity contribution is -0.0843. The zero-order valence-electron chi connectivity index (χ0n) is 16.0. The van der Waals surface area contributed by atoms with Crippen LogP contribution in [0.1, 0.15) is 28.9 Å². The molecule has 29 heavy (non-hydrogen) atoms. The average Bonchev–Trinajstić information content (AvgIpc) is 3.13. The number of piperidine rings is 1. The maximum atomic E-state index is 13.6.